The van der Waals surface area contributed by atoms with E-state index in [9.17, 15) is 18.4 Å². The van der Waals surface area contributed by atoms with Crippen molar-refractivity contribution in [2.24, 2.45) is 5.92 Å². The lowest BCUT2D eigenvalue weighted by Gasteiger charge is -2.17. The van der Waals surface area contributed by atoms with Crippen LogP contribution < -0.4 is 5.32 Å². The molecule has 2 aromatic rings. The molecule has 1 heterocycles. The molecule has 0 bridgehead atoms. The van der Waals surface area contributed by atoms with Crippen molar-refractivity contribution in [3.8, 4) is 0 Å². The van der Waals surface area contributed by atoms with Crippen LogP contribution in [0.15, 0.2) is 42.5 Å². The zero-order valence-corrected chi connectivity index (χ0v) is 15.5. The molecular formula is C18H15F2IN2O2. The number of nitrogens with one attached hydrogen (secondary N) is 1. The Morgan fingerprint density at radius 1 is 1.24 bits per heavy atom. The topological polar surface area (TPSA) is 49.4 Å². The summed E-state index contributed by atoms with van der Waals surface area (Å²) in [7, 11) is 1.62. The highest BCUT2D eigenvalue weighted by atomic mass is 127. The van der Waals surface area contributed by atoms with Gasteiger partial charge in [0.1, 0.15) is 5.92 Å². The number of hydrogen-bond acceptors (Lipinski definition) is 2. The Hall–Kier alpha value is -2.03. The second kappa shape index (κ2) is 7.07. The number of rotatable bonds is 3. The smallest absolute Gasteiger partial charge is 0.237 e. The van der Waals surface area contributed by atoms with Gasteiger partial charge in [-0.2, -0.15) is 0 Å². The van der Waals surface area contributed by atoms with Gasteiger partial charge in [-0.25, -0.2) is 8.78 Å². The van der Waals surface area contributed by atoms with Crippen LogP contribution in [-0.4, -0.2) is 30.3 Å². The number of likely N-dealkylation sites (N-methyl/N-ethyl adjacent to an activating group) is 1. The molecule has 0 radical (unpaired) electrons. The Bertz CT molecular complexity index is 844. The van der Waals surface area contributed by atoms with E-state index in [2.05, 4.69) is 27.9 Å². The van der Waals surface area contributed by atoms with Crippen molar-refractivity contribution in [1.82, 2.24) is 4.90 Å². The zero-order chi connectivity index (χ0) is 18.1. The van der Waals surface area contributed by atoms with Gasteiger partial charge in [-0.05, 0) is 52.4 Å². The van der Waals surface area contributed by atoms with Crippen LogP contribution in [0.3, 0.4) is 0 Å². The fourth-order valence-electron chi connectivity index (χ4n) is 3.04. The molecule has 1 aliphatic rings. The average molecular weight is 456 g/mol. The quantitative estimate of drug-likeness (QED) is 0.569. The van der Waals surface area contributed by atoms with Crippen LogP contribution in [0.5, 0.6) is 0 Å². The second-order valence-electron chi connectivity index (χ2n) is 5.95. The Kier molecular flexibility index (Phi) is 5.03. The van der Waals surface area contributed by atoms with E-state index >= 15 is 0 Å². The normalized spacial score (nSPS) is 20.0. The van der Waals surface area contributed by atoms with Crippen LogP contribution in [-0.2, 0) is 9.59 Å². The van der Waals surface area contributed by atoms with E-state index < -0.39 is 23.5 Å². The summed E-state index contributed by atoms with van der Waals surface area (Å²) in [6, 6.07) is 11.1. The van der Waals surface area contributed by atoms with Gasteiger partial charge in [0.2, 0.25) is 11.8 Å². The Morgan fingerprint density at radius 2 is 1.96 bits per heavy atom. The van der Waals surface area contributed by atoms with E-state index in [0.717, 1.165) is 15.2 Å². The highest BCUT2D eigenvalue weighted by Crippen LogP contribution is 2.34. The van der Waals surface area contributed by atoms with Gasteiger partial charge in [0.25, 0.3) is 0 Å². The standard InChI is InChI=1S/C18H15F2IN2O2/c1-23-9-12(10-4-2-5-11(21)8-10)15(18(23)25)17(24)22-14-7-3-6-13(19)16(14)20/h2-8,12,15H,9H2,1H3,(H,22,24)/t12-,15+/m0/s1. The third-order valence-electron chi connectivity index (χ3n) is 4.28. The molecule has 3 rings (SSSR count). The van der Waals surface area contributed by atoms with Crippen molar-refractivity contribution >= 4 is 40.1 Å². The third-order valence-corrected chi connectivity index (χ3v) is 4.95. The van der Waals surface area contributed by atoms with Crippen LogP contribution in [0, 0.1) is 21.1 Å². The van der Waals surface area contributed by atoms with Gasteiger partial charge in [0.05, 0.1) is 5.69 Å². The van der Waals surface area contributed by atoms with E-state index in [-0.39, 0.29) is 17.5 Å². The molecule has 25 heavy (non-hydrogen) atoms. The van der Waals surface area contributed by atoms with Gasteiger partial charge < -0.3 is 10.2 Å². The first-order valence-electron chi connectivity index (χ1n) is 7.64. The summed E-state index contributed by atoms with van der Waals surface area (Å²) in [4.78, 5) is 26.6. The lowest BCUT2D eigenvalue weighted by atomic mass is 9.88. The molecular weight excluding hydrogens is 441 g/mol. The predicted octanol–water partition coefficient (Wildman–Crippen LogP) is 3.38. The molecule has 7 heteroatoms. The van der Waals surface area contributed by atoms with E-state index in [0.29, 0.717) is 6.54 Å². The van der Waals surface area contributed by atoms with Crippen LogP contribution in [0.1, 0.15) is 11.5 Å². The maximum atomic E-state index is 13.8. The van der Waals surface area contributed by atoms with Crippen molar-refractivity contribution in [2.75, 3.05) is 18.9 Å². The number of halogens is 3. The number of nitrogens with zero attached hydrogens (tertiary/aromatic N) is 1. The summed E-state index contributed by atoms with van der Waals surface area (Å²) < 4.78 is 28.1. The van der Waals surface area contributed by atoms with Gasteiger partial charge in [-0.3, -0.25) is 9.59 Å². The molecule has 2 amide bonds. The van der Waals surface area contributed by atoms with Gasteiger partial charge in [0.15, 0.2) is 11.6 Å². The van der Waals surface area contributed by atoms with Crippen molar-refractivity contribution in [3.05, 3.63) is 63.2 Å². The molecule has 2 aromatic carbocycles. The molecule has 1 fully saturated rings. The zero-order valence-electron chi connectivity index (χ0n) is 13.3. The lowest BCUT2D eigenvalue weighted by Crippen LogP contribution is -2.33. The fraction of sp³-hybridized carbons (Fsp3) is 0.222. The van der Waals surface area contributed by atoms with E-state index in [1.54, 1.807) is 7.05 Å². The molecule has 1 N–H and O–H groups in total. The molecule has 1 saturated heterocycles. The number of amides is 2. The van der Waals surface area contributed by atoms with Gasteiger partial charge in [-0.15, -0.1) is 0 Å². The number of likely N-dealkylation sites (tertiary alicyclic amines) is 1. The van der Waals surface area contributed by atoms with Crippen molar-refractivity contribution < 1.29 is 18.4 Å². The van der Waals surface area contributed by atoms with Gasteiger partial charge in [-0.1, -0.05) is 18.2 Å². The molecule has 4 nitrogen and oxygen atoms in total. The summed E-state index contributed by atoms with van der Waals surface area (Å²) in [5, 5.41) is 2.35. The highest BCUT2D eigenvalue weighted by molar-refractivity contribution is 14.1. The highest BCUT2D eigenvalue weighted by Gasteiger charge is 2.44. The number of carbonyl (C=O) groups is 2. The molecule has 1 aliphatic heterocycles. The van der Waals surface area contributed by atoms with Crippen LogP contribution in [0.2, 0.25) is 0 Å². The molecule has 0 aromatic heterocycles. The Labute approximate surface area is 157 Å². The minimum absolute atomic E-state index is 0.270. The first kappa shape index (κ1) is 17.8. The van der Waals surface area contributed by atoms with Crippen LogP contribution in [0.4, 0.5) is 14.5 Å². The number of benzene rings is 2. The van der Waals surface area contributed by atoms with Crippen molar-refractivity contribution in [3.63, 3.8) is 0 Å². The summed E-state index contributed by atoms with van der Waals surface area (Å²) in [6.45, 7) is 0.392. The van der Waals surface area contributed by atoms with Crippen molar-refractivity contribution in [2.45, 2.75) is 5.92 Å². The van der Waals surface area contributed by atoms with Gasteiger partial charge in [0, 0.05) is 23.1 Å². The summed E-state index contributed by atoms with van der Waals surface area (Å²) >= 11 is 2.16. The number of hydrogen-bond donors (Lipinski definition) is 1. The molecule has 0 saturated carbocycles. The van der Waals surface area contributed by atoms with Crippen LogP contribution in [0.25, 0.3) is 0 Å². The summed E-state index contributed by atoms with van der Waals surface area (Å²) in [5.41, 5.74) is 0.596. The van der Waals surface area contributed by atoms with Crippen LogP contribution >= 0.6 is 22.6 Å². The SMILES string of the molecule is CN1C[C@@H](c2cccc(I)c2)[C@H](C(=O)Nc2cccc(F)c2F)C1=O. The first-order valence-corrected chi connectivity index (χ1v) is 8.71. The molecule has 130 valence electrons. The predicted molar refractivity (Wildman–Crippen MR) is 98.0 cm³/mol. The third kappa shape index (κ3) is 3.51. The maximum absolute atomic E-state index is 13.8. The van der Waals surface area contributed by atoms with E-state index in [4.69, 9.17) is 0 Å². The molecule has 0 spiro atoms. The number of anilines is 1. The maximum Gasteiger partial charge on any atom is 0.237 e. The van der Waals surface area contributed by atoms with E-state index in [1.807, 2.05) is 24.3 Å². The summed E-state index contributed by atoms with van der Waals surface area (Å²) in [6.07, 6.45) is 0. The van der Waals surface area contributed by atoms with E-state index in [1.165, 1.54) is 17.0 Å². The lowest BCUT2D eigenvalue weighted by molar-refractivity contribution is -0.135. The number of carbonyl (C=O) groups excluding carboxylic acids is 2. The minimum atomic E-state index is -1.14. The Morgan fingerprint density at radius 3 is 2.68 bits per heavy atom. The molecule has 0 unspecified atom stereocenters. The second-order valence-corrected chi connectivity index (χ2v) is 7.19. The van der Waals surface area contributed by atoms with Gasteiger partial charge >= 0.3 is 0 Å². The molecule has 2 atom stereocenters. The fourth-order valence-corrected chi connectivity index (χ4v) is 3.61. The Balaban J connectivity index is 1.90. The summed E-state index contributed by atoms with van der Waals surface area (Å²) in [5.74, 6) is -4.49. The van der Waals surface area contributed by atoms with Crippen molar-refractivity contribution in [1.29, 1.82) is 0 Å². The molecule has 0 aliphatic carbocycles. The largest absolute Gasteiger partial charge is 0.344 e. The average Bonchev–Trinajstić information content (AvgIpc) is 2.87. The first-order chi connectivity index (χ1) is 11.9. The minimum Gasteiger partial charge on any atom is -0.344 e. The monoisotopic (exact) mass is 456 g/mol.